The van der Waals surface area contributed by atoms with Gasteiger partial charge in [0.05, 0.1) is 18.4 Å². The second kappa shape index (κ2) is 7.05. The molecule has 3 rings (SSSR count). The number of hydrogen-bond acceptors (Lipinski definition) is 5. The van der Waals surface area contributed by atoms with Crippen molar-refractivity contribution in [3.63, 3.8) is 0 Å². The van der Waals surface area contributed by atoms with Gasteiger partial charge in [0.15, 0.2) is 0 Å². The molecule has 23 heavy (non-hydrogen) atoms. The van der Waals surface area contributed by atoms with Crippen LogP contribution in [0, 0.1) is 5.41 Å². The van der Waals surface area contributed by atoms with Gasteiger partial charge in [-0.2, -0.15) is 0 Å². The van der Waals surface area contributed by atoms with Crippen molar-refractivity contribution in [3.05, 3.63) is 0 Å². The molecule has 1 aliphatic carbocycles. The van der Waals surface area contributed by atoms with E-state index in [1.54, 1.807) is 0 Å². The first-order valence-corrected chi connectivity index (χ1v) is 8.57. The fraction of sp³-hybridized carbons (Fsp3) is 0.875. The van der Waals surface area contributed by atoms with Crippen LogP contribution in [0.2, 0.25) is 0 Å². The number of nitrogens with one attached hydrogen (secondary N) is 2. The van der Waals surface area contributed by atoms with Crippen molar-refractivity contribution in [2.24, 2.45) is 10.6 Å². The Kier molecular flexibility index (Phi) is 5.06. The Morgan fingerprint density at radius 1 is 1.43 bits per heavy atom. The molecule has 1 saturated heterocycles. The highest BCUT2D eigenvalue weighted by Gasteiger charge is 2.56. The molecule has 0 aromatic heterocycles. The van der Waals surface area contributed by atoms with Gasteiger partial charge in [-0.1, -0.05) is 5.16 Å². The highest BCUT2D eigenvalue weighted by molar-refractivity contribution is 5.83. The highest BCUT2D eigenvalue weighted by atomic mass is 16.6. The number of ether oxygens (including phenoxy) is 2. The van der Waals surface area contributed by atoms with Crippen molar-refractivity contribution in [2.75, 3.05) is 26.4 Å². The molecule has 1 saturated carbocycles. The number of rotatable bonds is 5. The Morgan fingerprint density at radius 3 is 2.87 bits per heavy atom. The summed E-state index contributed by atoms with van der Waals surface area (Å²) in [5, 5.41) is 9.91. The third-order valence-electron chi connectivity index (χ3n) is 5.25. The third kappa shape index (κ3) is 3.45. The Hall–Kier alpha value is -1.34. The number of carbonyl (C=O) groups excluding carboxylic acids is 1. The number of amides is 2. The van der Waals surface area contributed by atoms with Gasteiger partial charge < -0.3 is 24.9 Å². The first kappa shape index (κ1) is 16.5. The van der Waals surface area contributed by atoms with Gasteiger partial charge in [0.25, 0.3) is 0 Å². The molecule has 2 N–H and O–H groups in total. The molecule has 2 amide bonds. The van der Waals surface area contributed by atoms with Crippen molar-refractivity contribution in [3.8, 4) is 0 Å². The Morgan fingerprint density at radius 2 is 2.22 bits per heavy atom. The second-order valence-electron chi connectivity index (χ2n) is 6.69. The topological polar surface area (TPSA) is 81.2 Å². The highest BCUT2D eigenvalue weighted by Crippen LogP contribution is 2.50. The van der Waals surface area contributed by atoms with Crippen LogP contribution in [0.3, 0.4) is 0 Å². The molecule has 1 spiro atoms. The molecule has 2 fully saturated rings. The predicted octanol–water partition coefficient (Wildman–Crippen LogP) is 1.42. The average Bonchev–Trinajstić information content (AvgIpc) is 2.98. The summed E-state index contributed by atoms with van der Waals surface area (Å²) >= 11 is 0. The standard InChI is InChI=1S/C16H27N3O4/c1-3-22-14-9-13(16(14)4-6-21-7-5-16)18-15(20)17-10-12-8-11(2)19-23-12/h12-14H,3-10H2,1-2H3,(H2,17,18,20). The van der Waals surface area contributed by atoms with Crippen LogP contribution in [0.25, 0.3) is 0 Å². The molecule has 2 heterocycles. The minimum atomic E-state index is -0.135. The lowest BCUT2D eigenvalue weighted by molar-refractivity contribution is -0.169. The van der Waals surface area contributed by atoms with Crippen molar-refractivity contribution >= 4 is 11.7 Å². The number of oxime groups is 1. The quantitative estimate of drug-likeness (QED) is 0.801. The minimum absolute atomic E-state index is 0.0369. The van der Waals surface area contributed by atoms with E-state index in [1.807, 2.05) is 13.8 Å². The molecule has 2 aliphatic heterocycles. The fourth-order valence-corrected chi connectivity index (χ4v) is 3.90. The maximum Gasteiger partial charge on any atom is 0.315 e. The smallest absolute Gasteiger partial charge is 0.315 e. The number of urea groups is 1. The first-order valence-electron chi connectivity index (χ1n) is 8.57. The lowest BCUT2D eigenvalue weighted by Gasteiger charge is -2.57. The van der Waals surface area contributed by atoms with E-state index in [0.29, 0.717) is 13.2 Å². The maximum atomic E-state index is 12.2. The summed E-state index contributed by atoms with van der Waals surface area (Å²) in [6.07, 6.45) is 3.73. The predicted molar refractivity (Wildman–Crippen MR) is 85.4 cm³/mol. The van der Waals surface area contributed by atoms with E-state index in [-0.39, 0.29) is 29.7 Å². The monoisotopic (exact) mass is 325 g/mol. The molecule has 0 aromatic rings. The normalized spacial score (nSPS) is 31.9. The lowest BCUT2D eigenvalue weighted by Crippen LogP contribution is -2.67. The lowest BCUT2D eigenvalue weighted by atomic mass is 9.57. The van der Waals surface area contributed by atoms with Crippen LogP contribution in [-0.4, -0.2) is 56.4 Å². The molecular weight excluding hydrogens is 298 g/mol. The zero-order chi connectivity index (χ0) is 16.3. The Labute approximate surface area is 137 Å². The molecule has 7 nitrogen and oxygen atoms in total. The van der Waals surface area contributed by atoms with Crippen LogP contribution < -0.4 is 10.6 Å². The maximum absolute atomic E-state index is 12.2. The number of hydrogen-bond donors (Lipinski definition) is 2. The van der Waals surface area contributed by atoms with E-state index in [4.69, 9.17) is 14.3 Å². The average molecular weight is 325 g/mol. The zero-order valence-corrected chi connectivity index (χ0v) is 14.0. The largest absolute Gasteiger partial charge is 0.390 e. The molecule has 130 valence electrons. The van der Waals surface area contributed by atoms with Gasteiger partial charge in [0.1, 0.15) is 6.10 Å². The summed E-state index contributed by atoms with van der Waals surface area (Å²) in [6.45, 7) is 6.63. The summed E-state index contributed by atoms with van der Waals surface area (Å²) in [5.74, 6) is 0. The third-order valence-corrected chi connectivity index (χ3v) is 5.25. The number of carbonyl (C=O) groups is 1. The molecule has 0 aromatic carbocycles. The first-order chi connectivity index (χ1) is 11.1. The molecular formula is C16H27N3O4. The second-order valence-corrected chi connectivity index (χ2v) is 6.69. The van der Waals surface area contributed by atoms with E-state index < -0.39 is 0 Å². The molecule has 0 bridgehead atoms. The number of nitrogens with zero attached hydrogens (tertiary/aromatic N) is 1. The molecule has 3 aliphatic rings. The van der Waals surface area contributed by atoms with E-state index in [1.165, 1.54) is 0 Å². The molecule has 3 atom stereocenters. The SMILES string of the molecule is CCOC1CC(NC(=O)NCC2CC(C)=NO2)C12CCOCC2. The van der Waals surface area contributed by atoms with Crippen LogP contribution in [0.1, 0.15) is 39.5 Å². The summed E-state index contributed by atoms with van der Waals surface area (Å²) in [7, 11) is 0. The summed E-state index contributed by atoms with van der Waals surface area (Å²) in [5.41, 5.74) is 1.01. The Bertz CT molecular complexity index is 462. The fourth-order valence-electron chi connectivity index (χ4n) is 3.90. The van der Waals surface area contributed by atoms with E-state index >= 15 is 0 Å². The van der Waals surface area contributed by atoms with E-state index in [0.717, 1.165) is 44.6 Å². The van der Waals surface area contributed by atoms with Crippen LogP contribution in [0.5, 0.6) is 0 Å². The van der Waals surface area contributed by atoms with E-state index in [2.05, 4.69) is 15.8 Å². The van der Waals surface area contributed by atoms with Crippen molar-refractivity contribution in [2.45, 2.75) is 57.8 Å². The van der Waals surface area contributed by atoms with Crippen molar-refractivity contribution in [1.82, 2.24) is 10.6 Å². The van der Waals surface area contributed by atoms with Gasteiger partial charge in [-0.05, 0) is 33.1 Å². The van der Waals surface area contributed by atoms with Gasteiger partial charge >= 0.3 is 6.03 Å². The van der Waals surface area contributed by atoms with Gasteiger partial charge in [0, 0.05) is 37.7 Å². The molecule has 7 heteroatoms. The van der Waals surface area contributed by atoms with Crippen LogP contribution in [0.4, 0.5) is 4.79 Å². The summed E-state index contributed by atoms with van der Waals surface area (Å²) < 4.78 is 11.4. The van der Waals surface area contributed by atoms with Crippen LogP contribution in [-0.2, 0) is 14.3 Å². The Balaban J connectivity index is 1.47. The van der Waals surface area contributed by atoms with Gasteiger partial charge in [-0.3, -0.25) is 0 Å². The van der Waals surface area contributed by atoms with Gasteiger partial charge in [-0.15, -0.1) is 0 Å². The molecule has 0 radical (unpaired) electrons. The minimum Gasteiger partial charge on any atom is -0.390 e. The van der Waals surface area contributed by atoms with Crippen LogP contribution >= 0.6 is 0 Å². The summed E-state index contributed by atoms with van der Waals surface area (Å²) in [6, 6.07) is 0.0226. The van der Waals surface area contributed by atoms with E-state index in [9.17, 15) is 4.79 Å². The van der Waals surface area contributed by atoms with Crippen molar-refractivity contribution < 1.29 is 19.1 Å². The molecule has 3 unspecified atom stereocenters. The zero-order valence-electron chi connectivity index (χ0n) is 14.0. The van der Waals surface area contributed by atoms with Gasteiger partial charge in [0.2, 0.25) is 0 Å². The van der Waals surface area contributed by atoms with Crippen LogP contribution in [0.15, 0.2) is 5.16 Å². The van der Waals surface area contributed by atoms with Gasteiger partial charge in [-0.25, -0.2) is 4.79 Å². The van der Waals surface area contributed by atoms with Crippen molar-refractivity contribution in [1.29, 1.82) is 0 Å². The summed E-state index contributed by atoms with van der Waals surface area (Å²) in [4.78, 5) is 17.4.